The highest BCUT2D eigenvalue weighted by atomic mass is 35.5. The number of rotatable bonds is 7. The van der Waals surface area contributed by atoms with Gasteiger partial charge in [-0.15, -0.1) is 0 Å². The predicted molar refractivity (Wildman–Crippen MR) is 147 cm³/mol. The van der Waals surface area contributed by atoms with E-state index < -0.39 is 56.5 Å². The Morgan fingerprint density at radius 1 is 1.02 bits per heavy atom. The van der Waals surface area contributed by atoms with Crippen LogP contribution in [0.5, 0.6) is 5.75 Å². The first kappa shape index (κ1) is 30.2. The molecule has 2 aromatic carbocycles. The number of alkyl halides is 3. The van der Waals surface area contributed by atoms with E-state index in [9.17, 15) is 36.3 Å². The molecule has 0 radical (unpaired) electrons. The Balaban J connectivity index is 1.74. The zero-order valence-corrected chi connectivity index (χ0v) is 23.7. The second kappa shape index (κ2) is 11.6. The maximum absolute atomic E-state index is 13.4. The summed E-state index contributed by atoms with van der Waals surface area (Å²) in [6.07, 6.45) is -3.68. The molecule has 2 heterocycles. The first-order valence-corrected chi connectivity index (χ1v) is 14.7. The molecule has 0 unspecified atom stereocenters. The van der Waals surface area contributed by atoms with Gasteiger partial charge in [-0.25, -0.2) is 18.4 Å². The minimum Gasteiger partial charge on any atom is -0.504 e. The van der Waals surface area contributed by atoms with Crippen molar-refractivity contribution in [1.29, 1.82) is 0 Å². The SMILES string of the molecule is CS(=O)(=O)c1ccccc1-c1nc(C(=O)NCc2ccccc2C(F)(F)F)c(NC(=O)c2cc(Cl)c(O)c(Cl)n2)s1. The van der Waals surface area contributed by atoms with Crippen LogP contribution in [-0.4, -0.2) is 41.6 Å². The van der Waals surface area contributed by atoms with E-state index in [4.69, 9.17) is 23.2 Å². The van der Waals surface area contributed by atoms with Crippen molar-refractivity contribution in [2.45, 2.75) is 17.6 Å². The normalized spacial score (nSPS) is 11.8. The van der Waals surface area contributed by atoms with Crippen LogP contribution in [0.1, 0.15) is 32.1 Å². The van der Waals surface area contributed by atoms with Crippen molar-refractivity contribution in [3.8, 4) is 16.3 Å². The van der Waals surface area contributed by atoms with E-state index in [1.807, 2.05) is 0 Å². The number of nitrogens with zero attached hydrogens (tertiary/aromatic N) is 2. The first-order chi connectivity index (χ1) is 19.2. The highest BCUT2D eigenvalue weighted by Crippen LogP contribution is 2.37. The minimum absolute atomic E-state index is 0.0249. The summed E-state index contributed by atoms with van der Waals surface area (Å²) in [7, 11) is -3.74. The maximum Gasteiger partial charge on any atom is 0.416 e. The van der Waals surface area contributed by atoms with Crippen molar-refractivity contribution in [3.05, 3.63) is 87.3 Å². The van der Waals surface area contributed by atoms with Gasteiger partial charge in [0.15, 0.2) is 26.4 Å². The summed E-state index contributed by atoms with van der Waals surface area (Å²) < 4.78 is 65.0. The smallest absolute Gasteiger partial charge is 0.416 e. The van der Waals surface area contributed by atoms with Gasteiger partial charge in [-0.05, 0) is 23.8 Å². The van der Waals surface area contributed by atoms with Gasteiger partial charge in [0.2, 0.25) is 0 Å². The van der Waals surface area contributed by atoms with Crippen LogP contribution < -0.4 is 10.6 Å². The lowest BCUT2D eigenvalue weighted by Gasteiger charge is -2.13. The van der Waals surface area contributed by atoms with Gasteiger partial charge in [0.1, 0.15) is 15.7 Å². The van der Waals surface area contributed by atoms with Gasteiger partial charge in [-0.3, -0.25) is 9.59 Å². The number of hydrogen-bond acceptors (Lipinski definition) is 8. The fourth-order valence-corrected chi connectivity index (χ4v) is 6.00. The monoisotopic (exact) mass is 644 g/mol. The molecule has 9 nitrogen and oxygen atoms in total. The molecule has 16 heteroatoms. The number of nitrogens with one attached hydrogen (secondary N) is 2. The average molecular weight is 645 g/mol. The van der Waals surface area contributed by atoms with Gasteiger partial charge in [-0.2, -0.15) is 13.2 Å². The highest BCUT2D eigenvalue weighted by Gasteiger charge is 2.33. The molecule has 0 bridgehead atoms. The van der Waals surface area contributed by atoms with E-state index in [0.29, 0.717) is 0 Å². The molecular weight excluding hydrogens is 628 g/mol. The molecule has 2 aromatic heterocycles. The highest BCUT2D eigenvalue weighted by molar-refractivity contribution is 7.90. The molecule has 4 aromatic rings. The summed E-state index contributed by atoms with van der Waals surface area (Å²) in [5.74, 6) is -2.43. The lowest BCUT2D eigenvalue weighted by molar-refractivity contribution is -0.138. The number of pyridine rings is 1. The number of sulfone groups is 1. The van der Waals surface area contributed by atoms with E-state index in [0.717, 1.165) is 29.7 Å². The lowest BCUT2D eigenvalue weighted by Crippen LogP contribution is -2.26. The van der Waals surface area contributed by atoms with Crippen LogP contribution in [0.3, 0.4) is 0 Å². The number of hydrogen-bond donors (Lipinski definition) is 3. The molecule has 4 rings (SSSR count). The van der Waals surface area contributed by atoms with E-state index in [-0.39, 0.29) is 36.7 Å². The topological polar surface area (TPSA) is 138 Å². The molecule has 0 fully saturated rings. The predicted octanol–water partition coefficient (Wildman–Crippen LogP) is 5.82. The molecule has 0 aliphatic rings. The van der Waals surface area contributed by atoms with Gasteiger partial charge in [0, 0.05) is 18.4 Å². The molecule has 0 saturated heterocycles. The van der Waals surface area contributed by atoms with Crippen LogP contribution in [0.15, 0.2) is 59.5 Å². The van der Waals surface area contributed by atoms with E-state index in [2.05, 4.69) is 20.6 Å². The number of aromatic nitrogens is 2. The van der Waals surface area contributed by atoms with Crippen LogP contribution in [0, 0.1) is 0 Å². The second-order valence-electron chi connectivity index (χ2n) is 8.39. The van der Waals surface area contributed by atoms with Crippen molar-refractivity contribution in [3.63, 3.8) is 0 Å². The van der Waals surface area contributed by atoms with Crippen LogP contribution in [0.4, 0.5) is 18.2 Å². The van der Waals surface area contributed by atoms with E-state index in [1.165, 1.54) is 36.4 Å². The van der Waals surface area contributed by atoms with Crippen molar-refractivity contribution in [1.82, 2.24) is 15.3 Å². The average Bonchev–Trinajstić information content (AvgIpc) is 3.33. The minimum atomic E-state index is -4.66. The van der Waals surface area contributed by atoms with Crippen molar-refractivity contribution >= 4 is 61.2 Å². The number of halogens is 5. The molecule has 0 spiro atoms. The molecule has 0 aliphatic heterocycles. The zero-order valence-electron chi connectivity index (χ0n) is 20.6. The van der Waals surface area contributed by atoms with Crippen molar-refractivity contribution in [2.24, 2.45) is 0 Å². The van der Waals surface area contributed by atoms with Gasteiger partial charge in [0.25, 0.3) is 11.8 Å². The third-order valence-corrected chi connectivity index (χ3v) is 8.20. The number of thiazole rings is 1. The Labute approximate surface area is 244 Å². The Morgan fingerprint density at radius 2 is 1.68 bits per heavy atom. The van der Waals surface area contributed by atoms with Crippen LogP contribution in [-0.2, 0) is 22.6 Å². The third kappa shape index (κ3) is 6.78. The number of carbonyl (C=O) groups is 2. The number of amides is 2. The molecule has 41 heavy (non-hydrogen) atoms. The summed E-state index contributed by atoms with van der Waals surface area (Å²) in [6, 6.07) is 11.5. The fraction of sp³-hybridized carbons (Fsp3) is 0.120. The van der Waals surface area contributed by atoms with Crippen molar-refractivity contribution in [2.75, 3.05) is 11.6 Å². The summed E-state index contributed by atoms with van der Waals surface area (Å²) in [6.45, 7) is -0.528. The van der Waals surface area contributed by atoms with Gasteiger partial charge < -0.3 is 15.7 Å². The molecule has 3 N–H and O–H groups in total. The summed E-state index contributed by atoms with van der Waals surface area (Å²) in [5.41, 5.74) is -1.76. The van der Waals surface area contributed by atoms with E-state index in [1.54, 1.807) is 6.07 Å². The molecule has 214 valence electrons. The van der Waals surface area contributed by atoms with Gasteiger partial charge >= 0.3 is 6.18 Å². The number of anilines is 1. The summed E-state index contributed by atoms with van der Waals surface area (Å²) in [5, 5.41) is 13.6. The number of carbonyl (C=O) groups excluding carboxylic acids is 2. The Morgan fingerprint density at radius 3 is 2.34 bits per heavy atom. The standard InChI is InChI=1S/C25H17Cl2F3N4O5S2/c1-41(38,39)17-9-5-3-7-13(17)23-33-18(22(37)31-11-12-6-2-4-8-14(12)25(28,29)30)24(40-23)34-21(36)16-10-15(26)19(35)20(27)32-16/h2-10,35H,11H2,1H3,(H,31,37)(H,34,36). The van der Waals surface area contributed by atoms with Crippen LogP contribution >= 0.6 is 34.5 Å². The number of aromatic hydroxyl groups is 1. The molecule has 0 aliphatic carbocycles. The van der Waals surface area contributed by atoms with E-state index >= 15 is 0 Å². The number of benzene rings is 2. The molecule has 0 saturated carbocycles. The first-order valence-electron chi connectivity index (χ1n) is 11.3. The van der Waals surface area contributed by atoms with Gasteiger partial charge in [0.05, 0.1) is 15.5 Å². The Bertz CT molecular complexity index is 1760. The fourth-order valence-electron chi connectivity index (χ4n) is 3.61. The summed E-state index contributed by atoms with van der Waals surface area (Å²) >= 11 is 12.4. The van der Waals surface area contributed by atoms with Crippen molar-refractivity contribution < 1.29 is 36.3 Å². The second-order valence-corrected chi connectivity index (χ2v) is 12.1. The third-order valence-electron chi connectivity index (χ3n) is 5.48. The quantitative estimate of drug-likeness (QED) is 0.215. The molecule has 2 amide bonds. The van der Waals surface area contributed by atoms with Gasteiger partial charge in [-0.1, -0.05) is 70.9 Å². The van der Waals surface area contributed by atoms with Crippen LogP contribution in [0.2, 0.25) is 10.2 Å². The molecule has 0 atom stereocenters. The molecular formula is C25H17Cl2F3N4O5S2. The van der Waals surface area contributed by atoms with Crippen LogP contribution in [0.25, 0.3) is 10.6 Å². The maximum atomic E-state index is 13.4. The summed E-state index contributed by atoms with van der Waals surface area (Å²) in [4.78, 5) is 34.0. The zero-order chi connectivity index (χ0) is 30.1. The lowest BCUT2D eigenvalue weighted by atomic mass is 10.1. The largest absolute Gasteiger partial charge is 0.504 e. The Kier molecular flexibility index (Phi) is 8.59. The Hall–Kier alpha value is -3.72.